The molecule has 27 heavy (non-hydrogen) atoms. The molecule has 0 spiro atoms. The van der Waals surface area contributed by atoms with E-state index < -0.39 is 0 Å². The van der Waals surface area contributed by atoms with Crippen LogP contribution in [0.2, 0.25) is 0 Å². The highest BCUT2D eigenvalue weighted by atomic mass is 14.9. The number of hydrogen-bond acceptors (Lipinski definition) is 2. The van der Waals surface area contributed by atoms with Gasteiger partial charge in [0.15, 0.2) is 5.82 Å². The first-order valence-corrected chi connectivity index (χ1v) is 9.38. The van der Waals surface area contributed by atoms with Crippen molar-refractivity contribution in [2.45, 2.75) is 26.2 Å². The number of nitrogens with zero attached hydrogens (tertiary/aromatic N) is 2. The van der Waals surface area contributed by atoms with E-state index in [0.717, 1.165) is 23.6 Å². The summed E-state index contributed by atoms with van der Waals surface area (Å²) in [5, 5.41) is 0. The second kappa shape index (κ2) is 7.58. The summed E-state index contributed by atoms with van der Waals surface area (Å²) in [5.74, 6) is 1.11. The molecule has 3 heteroatoms. The summed E-state index contributed by atoms with van der Waals surface area (Å²) in [6.45, 7) is 4.40. The molecule has 0 aliphatic carbocycles. The number of nitrogens with one attached hydrogen (secondary N) is 1. The predicted octanol–water partition coefficient (Wildman–Crippen LogP) is 5.99. The molecule has 0 bridgehead atoms. The van der Waals surface area contributed by atoms with E-state index >= 15 is 0 Å². The maximum atomic E-state index is 4.55. The Morgan fingerprint density at radius 3 is 2.44 bits per heavy atom. The Morgan fingerprint density at radius 2 is 1.74 bits per heavy atom. The molecule has 2 heterocycles. The van der Waals surface area contributed by atoms with Crippen molar-refractivity contribution in [2.75, 3.05) is 0 Å². The van der Waals surface area contributed by atoms with E-state index in [1.54, 1.807) is 6.20 Å². The Kier molecular flexibility index (Phi) is 4.84. The van der Waals surface area contributed by atoms with Crippen molar-refractivity contribution in [3.05, 3.63) is 95.9 Å². The second-order valence-corrected chi connectivity index (χ2v) is 6.80. The highest BCUT2D eigenvalue weighted by molar-refractivity contribution is 5.67. The van der Waals surface area contributed by atoms with Crippen LogP contribution in [0.3, 0.4) is 0 Å². The van der Waals surface area contributed by atoms with Crippen LogP contribution in [0.5, 0.6) is 0 Å². The second-order valence-electron chi connectivity index (χ2n) is 6.80. The lowest BCUT2D eigenvalue weighted by molar-refractivity contribution is 0.755. The molecule has 3 nitrogen and oxygen atoms in total. The molecule has 0 saturated heterocycles. The van der Waals surface area contributed by atoms with Gasteiger partial charge in [0.05, 0.1) is 0 Å². The van der Waals surface area contributed by atoms with Crippen LogP contribution in [-0.2, 0) is 0 Å². The third kappa shape index (κ3) is 3.54. The molecule has 0 fully saturated rings. The Balaban J connectivity index is 1.65. The fourth-order valence-electron chi connectivity index (χ4n) is 3.63. The van der Waals surface area contributed by atoms with Crippen molar-refractivity contribution in [3.63, 3.8) is 0 Å². The number of aromatic nitrogens is 3. The summed E-state index contributed by atoms with van der Waals surface area (Å²) in [7, 11) is 0. The zero-order chi connectivity index (χ0) is 18.6. The lowest BCUT2D eigenvalue weighted by atomic mass is 9.89. The molecule has 1 N–H and O–H groups in total. The summed E-state index contributed by atoms with van der Waals surface area (Å²) in [6.07, 6.45) is 4.74. The Morgan fingerprint density at radius 1 is 0.926 bits per heavy atom. The van der Waals surface area contributed by atoms with Crippen LogP contribution in [-0.4, -0.2) is 15.0 Å². The van der Waals surface area contributed by atoms with E-state index in [0.29, 0.717) is 5.92 Å². The van der Waals surface area contributed by atoms with Gasteiger partial charge in [-0.25, -0.2) is 4.98 Å². The largest absolute Gasteiger partial charge is 0.340 e. The first-order chi connectivity index (χ1) is 13.3. The minimum Gasteiger partial charge on any atom is -0.340 e. The smallest absolute Gasteiger partial charge is 0.156 e. The van der Waals surface area contributed by atoms with Gasteiger partial charge in [-0.3, -0.25) is 4.98 Å². The number of benzene rings is 2. The van der Waals surface area contributed by atoms with E-state index in [1.807, 2.05) is 24.4 Å². The van der Waals surface area contributed by atoms with Crippen molar-refractivity contribution >= 4 is 0 Å². The van der Waals surface area contributed by atoms with E-state index in [2.05, 4.69) is 77.3 Å². The summed E-state index contributed by atoms with van der Waals surface area (Å²) >= 11 is 0. The molecule has 4 rings (SSSR count). The predicted molar refractivity (Wildman–Crippen MR) is 111 cm³/mol. The average Bonchev–Trinajstić information content (AvgIpc) is 3.20. The van der Waals surface area contributed by atoms with Gasteiger partial charge in [0.1, 0.15) is 5.69 Å². The maximum Gasteiger partial charge on any atom is 0.156 e. The SMILES string of the molecule is CCC(c1ccc(-c2ccccc2)c(C)c1)c1cnc(-c2ccccn2)[nH]1. The molecule has 0 radical (unpaired) electrons. The Hall–Kier alpha value is -3.20. The normalized spacial score (nSPS) is 12.1. The fourth-order valence-corrected chi connectivity index (χ4v) is 3.63. The van der Waals surface area contributed by atoms with Gasteiger partial charge in [-0.1, -0.05) is 61.5 Å². The highest BCUT2D eigenvalue weighted by Gasteiger charge is 2.17. The number of aromatic amines is 1. The van der Waals surface area contributed by atoms with E-state index in [-0.39, 0.29) is 0 Å². The molecule has 4 aromatic rings. The van der Waals surface area contributed by atoms with Crippen molar-refractivity contribution in [1.29, 1.82) is 0 Å². The summed E-state index contributed by atoms with van der Waals surface area (Å²) < 4.78 is 0. The van der Waals surface area contributed by atoms with Gasteiger partial charge in [0.2, 0.25) is 0 Å². The first-order valence-electron chi connectivity index (χ1n) is 9.38. The molecule has 0 aliphatic heterocycles. The molecule has 1 atom stereocenters. The minimum absolute atomic E-state index is 0.290. The fraction of sp³-hybridized carbons (Fsp3) is 0.167. The summed E-state index contributed by atoms with van der Waals surface area (Å²) in [6, 6.07) is 23.2. The molecule has 134 valence electrons. The minimum atomic E-state index is 0.290. The third-order valence-corrected chi connectivity index (χ3v) is 5.02. The Labute approximate surface area is 160 Å². The van der Waals surface area contributed by atoms with Crippen LogP contribution in [0, 0.1) is 6.92 Å². The van der Waals surface area contributed by atoms with Gasteiger partial charge in [-0.15, -0.1) is 0 Å². The summed E-state index contributed by atoms with van der Waals surface area (Å²) in [4.78, 5) is 12.4. The van der Waals surface area contributed by atoms with Crippen LogP contribution in [0.15, 0.2) is 79.1 Å². The van der Waals surface area contributed by atoms with Crippen molar-refractivity contribution in [2.24, 2.45) is 0 Å². The van der Waals surface area contributed by atoms with Gasteiger partial charge in [0.25, 0.3) is 0 Å². The standard InChI is InChI=1S/C24H23N3/c1-3-20(23-16-26-24(27-23)22-11-7-8-14-25-22)19-12-13-21(17(2)15-19)18-9-5-4-6-10-18/h4-16,20H,3H2,1-2H3,(H,26,27). The zero-order valence-corrected chi connectivity index (χ0v) is 15.7. The van der Waals surface area contributed by atoms with Crippen LogP contribution < -0.4 is 0 Å². The van der Waals surface area contributed by atoms with Crippen molar-refractivity contribution in [1.82, 2.24) is 15.0 Å². The number of imidazole rings is 1. The average molecular weight is 353 g/mol. The van der Waals surface area contributed by atoms with Crippen LogP contribution >= 0.6 is 0 Å². The van der Waals surface area contributed by atoms with Crippen molar-refractivity contribution in [3.8, 4) is 22.6 Å². The number of pyridine rings is 1. The van der Waals surface area contributed by atoms with Crippen LogP contribution in [0.4, 0.5) is 0 Å². The molecular formula is C24H23N3. The van der Waals surface area contributed by atoms with Crippen LogP contribution in [0.1, 0.15) is 36.1 Å². The third-order valence-electron chi connectivity index (χ3n) is 5.02. The molecule has 0 aliphatic rings. The maximum absolute atomic E-state index is 4.55. The van der Waals surface area contributed by atoms with Crippen molar-refractivity contribution < 1.29 is 0 Å². The zero-order valence-electron chi connectivity index (χ0n) is 15.7. The molecule has 0 saturated carbocycles. The molecule has 2 aromatic carbocycles. The molecule has 0 amide bonds. The Bertz CT molecular complexity index is 1020. The molecular weight excluding hydrogens is 330 g/mol. The lowest BCUT2D eigenvalue weighted by Gasteiger charge is -2.16. The van der Waals surface area contributed by atoms with Gasteiger partial charge >= 0.3 is 0 Å². The highest BCUT2D eigenvalue weighted by Crippen LogP contribution is 2.32. The molecule has 1 unspecified atom stereocenters. The lowest BCUT2D eigenvalue weighted by Crippen LogP contribution is -2.01. The van der Waals surface area contributed by atoms with Gasteiger partial charge < -0.3 is 4.98 Å². The van der Waals surface area contributed by atoms with E-state index in [1.165, 1.54) is 22.3 Å². The van der Waals surface area contributed by atoms with Crippen LogP contribution in [0.25, 0.3) is 22.6 Å². The van der Waals surface area contributed by atoms with E-state index in [4.69, 9.17) is 0 Å². The quantitative estimate of drug-likeness (QED) is 0.479. The monoisotopic (exact) mass is 353 g/mol. The topological polar surface area (TPSA) is 41.6 Å². The van der Waals surface area contributed by atoms with Gasteiger partial charge in [-0.2, -0.15) is 0 Å². The van der Waals surface area contributed by atoms with E-state index in [9.17, 15) is 0 Å². The number of H-pyrrole nitrogens is 1. The number of hydrogen-bond donors (Lipinski definition) is 1. The number of rotatable bonds is 5. The first kappa shape index (κ1) is 17.2. The van der Waals surface area contributed by atoms with Gasteiger partial charge in [-0.05, 0) is 47.7 Å². The number of aryl methyl sites for hydroxylation is 1. The molecule has 2 aromatic heterocycles. The van der Waals surface area contributed by atoms with Gasteiger partial charge in [0, 0.05) is 24.0 Å². The summed E-state index contributed by atoms with van der Waals surface area (Å²) in [5.41, 5.74) is 7.15.